The molecule has 0 atom stereocenters. The number of rotatable bonds is 5. The summed E-state index contributed by atoms with van der Waals surface area (Å²) in [5.74, 6) is 0. The van der Waals surface area contributed by atoms with Crippen LogP contribution < -0.4 is 0 Å². The van der Waals surface area contributed by atoms with E-state index in [1.54, 1.807) is 0 Å². The molecule has 0 aliphatic heterocycles. The van der Waals surface area contributed by atoms with Crippen molar-refractivity contribution in [3.05, 3.63) is 12.2 Å². The van der Waals surface area contributed by atoms with Crippen LogP contribution >= 0.6 is 0 Å². The molecule has 1 nitrogen and oxygen atoms in total. The van der Waals surface area contributed by atoms with Gasteiger partial charge < -0.3 is 4.90 Å². The van der Waals surface area contributed by atoms with Crippen molar-refractivity contribution in [2.75, 3.05) is 19.6 Å². The summed E-state index contributed by atoms with van der Waals surface area (Å²) in [6.45, 7) is 9.99. The standard InChI is InChI=1S/C9H19N/c1-4-7-8-9-10(5-2)6-3/h7-8H,4-6,9H2,1-3H3/b8-7-. The van der Waals surface area contributed by atoms with E-state index in [2.05, 4.69) is 37.8 Å². The molecular weight excluding hydrogens is 122 g/mol. The van der Waals surface area contributed by atoms with E-state index in [4.69, 9.17) is 0 Å². The fourth-order valence-corrected chi connectivity index (χ4v) is 0.872. The van der Waals surface area contributed by atoms with Crippen molar-refractivity contribution in [1.29, 1.82) is 0 Å². The molecule has 0 fully saturated rings. The number of hydrogen-bond acceptors (Lipinski definition) is 1. The molecule has 0 saturated carbocycles. The smallest absolute Gasteiger partial charge is 0.0162 e. The molecule has 0 N–H and O–H groups in total. The van der Waals surface area contributed by atoms with Gasteiger partial charge in [-0.15, -0.1) is 0 Å². The zero-order valence-corrected chi connectivity index (χ0v) is 7.43. The van der Waals surface area contributed by atoms with Crippen LogP contribution in [0, 0.1) is 0 Å². The maximum absolute atomic E-state index is 2.40. The molecule has 0 aromatic rings. The summed E-state index contributed by atoms with van der Waals surface area (Å²) in [5, 5.41) is 0. The van der Waals surface area contributed by atoms with Crippen LogP contribution in [0.4, 0.5) is 0 Å². The second-order valence-corrected chi connectivity index (χ2v) is 2.37. The van der Waals surface area contributed by atoms with Gasteiger partial charge in [-0.3, -0.25) is 0 Å². The van der Waals surface area contributed by atoms with Gasteiger partial charge in [0, 0.05) is 6.54 Å². The normalized spacial score (nSPS) is 11.6. The highest BCUT2D eigenvalue weighted by molar-refractivity contribution is 4.83. The van der Waals surface area contributed by atoms with Gasteiger partial charge in [0.15, 0.2) is 0 Å². The van der Waals surface area contributed by atoms with E-state index in [0.717, 1.165) is 26.1 Å². The van der Waals surface area contributed by atoms with E-state index in [0.29, 0.717) is 0 Å². The lowest BCUT2D eigenvalue weighted by Crippen LogP contribution is -2.22. The molecular formula is C9H19N. The van der Waals surface area contributed by atoms with Crippen molar-refractivity contribution in [2.24, 2.45) is 0 Å². The van der Waals surface area contributed by atoms with Crippen molar-refractivity contribution in [3.63, 3.8) is 0 Å². The van der Waals surface area contributed by atoms with Crippen LogP contribution in [0.5, 0.6) is 0 Å². The summed E-state index contributed by atoms with van der Waals surface area (Å²) < 4.78 is 0. The minimum Gasteiger partial charge on any atom is -0.300 e. The van der Waals surface area contributed by atoms with Crippen LogP contribution in [0.1, 0.15) is 27.2 Å². The largest absolute Gasteiger partial charge is 0.300 e. The van der Waals surface area contributed by atoms with Crippen molar-refractivity contribution >= 4 is 0 Å². The van der Waals surface area contributed by atoms with Crippen molar-refractivity contribution in [2.45, 2.75) is 27.2 Å². The third-order valence-corrected chi connectivity index (χ3v) is 1.66. The quantitative estimate of drug-likeness (QED) is 0.531. The molecule has 0 rings (SSSR count). The highest BCUT2D eigenvalue weighted by Crippen LogP contribution is 1.88. The lowest BCUT2D eigenvalue weighted by molar-refractivity contribution is 0.337. The van der Waals surface area contributed by atoms with E-state index >= 15 is 0 Å². The molecule has 0 amide bonds. The summed E-state index contributed by atoms with van der Waals surface area (Å²) >= 11 is 0. The number of hydrogen-bond donors (Lipinski definition) is 0. The first-order valence-electron chi connectivity index (χ1n) is 4.22. The van der Waals surface area contributed by atoms with Crippen LogP contribution in [0.15, 0.2) is 12.2 Å². The average molecular weight is 141 g/mol. The van der Waals surface area contributed by atoms with E-state index in [9.17, 15) is 0 Å². The highest BCUT2D eigenvalue weighted by Gasteiger charge is 1.92. The van der Waals surface area contributed by atoms with Gasteiger partial charge in [-0.05, 0) is 19.5 Å². The molecule has 0 aromatic carbocycles. The van der Waals surface area contributed by atoms with Gasteiger partial charge in [-0.1, -0.05) is 32.9 Å². The minimum absolute atomic E-state index is 1.11. The van der Waals surface area contributed by atoms with E-state index < -0.39 is 0 Å². The average Bonchev–Trinajstić information content (AvgIpc) is 1.99. The Labute approximate surface area is 64.7 Å². The number of allylic oxidation sites excluding steroid dienone is 1. The second-order valence-electron chi connectivity index (χ2n) is 2.37. The Morgan fingerprint density at radius 2 is 1.60 bits per heavy atom. The van der Waals surface area contributed by atoms with Crippen LogP contribution in [0.25, 0.3) is 0 Å². The highest BCUT2D eigenvalue weighted by atomic mass is 15.1. The first-order chi connectivity index (χ1) is 4.85. The van der Waals surface area contributed by atoms with Crippen LogP contribution in [0.2, 0.25) is 0 Å². The van der Waals surface area contributed by atoms with Crippen LogP contribution in [-0.4, -0.2) is 24.5 Å². The maximum Gasteiger partial charge on any atom is 0.0162 e. The van der Waals surface area contributed by atoms with Gasteiger partial charge in [0.2, 0.25) is 0 Å². The lowest BCUT2D eigenvalue weighted by Gasteiger charge is -2.14. The number of nitrogens with zero attached hydrogens (tertiary/aromatic N) is 1. The van der Waals surface area contributed by atoms with Crippen molar-refractivity contribution in [3.8, 4) is 0 Å². The van der Waals surface area contributed by atoms with E-state index in [-0.39, 0.29) is 0 Å². The van der Waals surface area contributed by atoms with Gasteiger partial charge in [0.1, 0.15) is 0 Å². The summed E-state index contributed by atoms with van der Waals surface area (Å²) in [6, 6.07) is 0. The lowest BCUT2D eigenvalue weighted by atomic mass is 10.4. The van der Waals surface area contributed by atoms with Gasteiger partial charge in [0.25, 0.3) is 0 Å². The Hall–Kier alpha value is -0.300. The molecule has 0 saturated heterocycles. The topological polar surface area (TPSA) is 3.24 Å². The van der Waals surface area contributed by atoms with Crippen molar-refractivity contribution < 1.29 is 0 Å². The van der Waals surface area contributed by atoms with E-state index in [1.165, 1.54) is 0 Å². The first kappa shape index (κ1) is 9.70. The van der Waals surface area contributed by atoms with Crippen molar-refractivity contribution in [1.82, 2.24) is 4.90 Å². The molecule has 0 heterocycles. The predicted molar refractivity (Wildman–Crippen MR) is 47.2 cm³/mol. The van der Waals surface area contributed by atoms with Gasteiger partial charge in [-0.2, -0.15) is 0 Å². The monoisotopic (exact) mass is 141 g/mol. The Morgan fingerprint density at radius 3 is 2.00 bits per heavy atom. The molecule has 60 valence electrons. The summed E-state index contributed by atoms with van der Waals surface area (Å²) in [4.78, 5) is 2.40. The molecule has 0 aromatic heterocycles. The Morgan fingerprint density at radius 1 is 1.00 bits per heavy atom. The SMILES string of the molecule is CC/C=C\CN(CC)CC. The molecule has 0 aliphatic rings. The summed E-state index contributed by atoms with van der Waals surface area (Å²) in [7, 11) is 0. The zero-order chi connectivity index (χ0) is 7.82. The molecule has 0 radical (unpaired) electrons. The Balaban J connectivity index is 3.34. The van der Waals surface area contributed by atoms with Gasteiger partial charge >= 0.3 is 0 Å². The Kier molecular flexibility index (Phi) is 6.61. The number of likely N-dealkylation sites (N-methyl/N-ethyl adjacent to an activating group) is 1. The third-order valence-electron chi connectivity index (χ3n) is 1.66. The molecule has 10 heavy (non-hydrogen) atoms. The molecule has 1 heteroatoms. The fraction of sp³-hybridized carbons (Fsp3) is 0.778. The zero-order valence-electron chi connectivity index (χ0n) is 7.43. The van der Waals surface area contributed by atoms with Gasteiger partial charge in [-0.25, -0.2) is 0 Å². The minimum atomic E-state index is 1.11. The third kappa shape index (κ3) is 4.57. The molecule has 0 unspecified atom stereocenters. The molecule has 0 bridgehead atoms. The second kappa shape index (κ2) is 6.81. The molecule has 0 aliphatic carbocycles. The molecule has 0 spiro atoms. The first-order valence-corrected chi connectivity index (χ1v) is 4.22. The van der Waals surface area contributed by atoms with Gasteiger partial charge in [0.05, 0.1) is 0 Å². The fourth-order valence-electron chi connectivity index (χ4n) is 0.872. The maximum atomic E-state index is 2.40. The van der Waals surface area contributed by atoms with Crippen LogP contribution in [0.3, 0.4) is 0 Å². The Bertz CT molecular complexity index is 82.7. The summed E-state index contributed by atoms with van der Waals surface area (Å²) in [6.07, 6.45) is 5.62. The van der Waals surface area contributed by atoms with E-state index in [1.807, 2.05) is 0 Å². The predicted octanol–water partition coefficient (Wildman–Crippen LogP) is 2.29. The summed E-state index contributed by atoms with van der Waals surface area (Å²) in [5.41, 5.74) is 0. The van der Waals surface area contributed by atoms with Crippen LogP contribution in [-0.2, 0) is 0 Å².